The van der Waals surface area contributed by atoms with Gasteiger partial charge >= 0.3 is 5.97 Å². The molecule has 8 rings (SSSR count). The number of pyridine rings is 1. The van der Waals surface area contributed by atoms with Crippen molar-refractivity contribution in [2.45, 2.75) is 204 Å². The number of piperidine rings is 1. The number of nitrogens with one attached hydrogen (secondary N) is 2. The number of ketones is 3. The smallest absolute Gasteiger partial charge is 0.329 e. The van der Waals surface area contributed by atoms with Crippen LogP contribution in [0.3, 0.4) is 0 Å². The molecule has 2 bridgehead atoms. The Balaban J connectivity index is 0.634. The Kier molecular flexibility index (Phi) is 45.7. The summed E-state index contributed by atoms with van der Waals surface area (Å²) in [7, 11) is 3.13. The number of nitrogens with two attached hydrogens (primary N) is 2. The summed E-state index contributed by atoms with van der Waals surface area (Å²) in [4.78, 5) is 106. The number of thiocarbonyl (C=S) groups is 1. The SMILES string of the molecule is CO[C@H]1C[C@@H]2CC[C@@H](C)[C@@](O)(O2)C(=O)C(=O)N2CCCC[C@H]2C(=O)O[C@H]([C@H](N)C[C@@H]2CC[C@@H](OC(=S)NCCOCCOCCOCCOCCOCCOCCOCCOCCC(=O)NCCSc3ccc(C(=O)N4CCOc5ccc(-c6ccc(N)nc6)cc5C4)c(C)c3)[C@H](OC)C2)CC(=O)[C@H](C)/C=C(\C)[C@@H](O)[C@@H](O)C(=O)[C@H](C)C[C@H](C)/C=C/C=CC=C1C. The summed E-state index contributed by atoms with van der Waals surface area (Å²) in [6.07, 6.45) is 10.3. The molecule has 4 aliphatic heterocycles. The fourth-order valence-corrected chi connectivity index (χ4v) is 17.0. The minimum atomic E-state index is -2.50. The van der Waals surface area contributed by atoms with E-state index < -0.39 is 108 Å². The Hall–Kier alpha value is -7.52. The second-order valence-corrected chi connectivity index (χ2v) is 34.6. The lowest BCUT2D eigenvalue weighted by Crippen LogP contribution is -2.61. The van der Waals surface area contributed by atoms with Gasteiger partial charge in [-0.15, -0.1) is 11.8 Å². The lowest BCUT2D eigenvalue weighted by molar-refractivity contribution is -0.265. The number of hydrogen-bond donors (Lipinski definition) is 7. The number of Topliss-reactive ketones (excluding diaryl/α,β-unsaturated/α-hetero) is 3. The van der Waals surface area contributed by atoms with E-state index in [4.69, 9.17) is 90.0 Å². The van der Waals surface area contributed by atoms with Crippen LogP contribution in [0.1, 0.15) is 146 Å². The predicted octanol–water partition coefficient (Wildman–Crippen LogP) is 8.54. The molecule has 15 atom stereocenters. The molecule has 0 radical (unpaired) electrons. The highest BCUT2D eigenvalue weighted by atomic mass is 32.2. The third-order valence-corrected chi connectivity index (χ3v) is 24.6. The molecule has 700 valence electrons. The largest absolute Gasteiger partial charge is 0.491 e. The Morgan fingerprint density at radius 1 is 0.698 bits per heavy atom. The Labute approximate surface area is 752 Å². The van der Waals surface area contributed by atoms with Crippen LogP contribution in [-0.2, 0) is 96.9 Å². The van der Waals surface area contributed by atoms with Gasteiger partial charge in [0.2, 0.25) is 11.7 Å². The molecule has 31 nitrogen and oxygen atoms in total. The lowest BCUT2D eigenvalue weighted by Gasteiger charge is -2.42. The third kappa shape index (κ3) is 34.1. The van der Waals surface area contributed by atoms with Gasteiger partial charge in [-0.25, -0.2) is 9.78 Å². The number of thioether (sulfide) groups is 1. The minimum Gasteiger partial charge on any atom is -0.491 e. The van der Waals surface area contributed by atoms with Crippen LogP contribution < -0.4 is 26.8 Å². The Morgan fingerprint density at radius 3 is 2.00 bits per heavy atom. The first-order valence-corrected chi connectivity index (χ1v) is 45.8. The molecule has 33 heteroatoms. The number of methoxy groups -OCH3 is 2. The van der Waals surface area contributed by atoms with E-state index in [1.165, 1.54) is 13.0 Å². The van der Waals surface area contributed by atoms with E-state index in [0.29, 0.717) is 200 Å². The molecule has 3 fully saturated rings. The number of carbonyl (C=O) groups is 7. The number of fused-ring (bicyclic) bond motifs is 4. The quantitative estimate of drug-likeness (QED) is 0.00702. The number of aliphatic hydroxyl groups excluding tert-OH is 2. The van der Waals surface area contributed by atoms with E-state index >= 15 is 0 Å². The minimum absolute atomic E-state index is 0.0122. The van der Waals surface area contributed by atoms with Crippen molar-refractivity contribution in [1.29, 1.82) is 0 Å². The van der Waals surface area contributed by atoms with E-state index in [-0.39, 0.29) is 79.7 Å². The summed E-state index contributed by atoms with van der Waals surface area (Å²) in [5, 5.41) is 40.8. The van der Waals surface area contributed by atoms with Crippen LogP contribution >= 0.6 is 24.0 Å². The van der Waals surface area contributed by atoms with E-state index in [1.807, 2.05) is 98.5 Å². The van der Waals surface area contributed by atoms with Crippen LogP contribution in [0.25, 0.3) is 11.1 Å². The highest BCUT2D eigenvalue weighted by Crippen LogP contribution is 2.39. The van der Waals surface area contributed by atoms with Gasteiger partial charge in [0.05, 0.1) is 131 Å². The fourth-order valence-electron chi connectivity index (χ4n) is 15.9. The maximum atomic E-state index is 14.7. The zero-order chi connectivity index (χ0) is 90.9. The van der Waals surface area contributed by atoms with E-state index in [1.54, 1.807) is 59.0 Å². The van der Waals surface area contributed by atoms with Crippen molar-refractivity contribution in [2.24, 2.45) is 35.3 Å². The van der Waals surface area contributed by atoms with Gasteiger partial charge in [0.15, 0.2) is 5.78 Å². The first kappa shape index (κ1) is 104. The summed E-state index contributed by atoms with van der Waals surface area (Å²) in [5.74, 6) is -7.36. The zero-order valence-corrected chi connectivity index (χ0v) is 76.6. The number of aryl methyl sites for hydroxylation is 1. The van der Waals surface area contributed by atoms with Crippen LogP contribution in [0.4, 0.5) is 5.82 Å². The first-order valence-electron chi connectivity index (χ1n) is 44.4. The average molecular weight is 1800 g/mol. The second-order valence-electron chi connectivity index (χ2n) is 33.1. The third-order valence-electron chi connectivity index (χ3n) is 23.4. The van der Waals surface area contributed by atoms with Gasteiger partial charge in [0, 0.05) is 117 Å². The van der Waals surface area contributed by atoms with Crippen LogP contribution in [0.2, 0.25) is 0 Å². The number of esters is 1. The fraction of sp³-hybridized carbons (Fsp3) is 0.645. The second kappa shape index (κ2) is 55.5. The number of aliphatic hydroxyl groups is 3. The average Bonchev–Trinajstić information content (AvgIpc) is 0.822. The molecule has 3 amide bonds. The molecule has 1 aromatic heterocycles. The lowest BCUT2D eigenvalue weighted by atomic mass is 9.80. The molecule has 1 saturated carbocycles. The molecule has 0 spiro atoms. The molecule has 5 heterocycles. The number of carbonyl (C=O) groups excluding carboxylic acids is 7. The van der Waals surface area contributed by atoms with Crippen LogP contribution in [0, 0.1) is 36.5 Å². The number of nitrogen functional groups attached to an aromatic ring is 1. The van der Waals surface area contributed by atoms with Gasteiger partial charge in [-0.3, -0.25) is 28.8 Å². The highest BCUT2D eigenvalue weighted by molar-refractivity contribution is 7.99. The maximum absolute atomic E-state index is 14.7. The van der Waals surface area contributed by atoms with Crippen molar-refractivity contribution in [1.82, 2.24) is 25.4 Å². The van der Waals surface area contributed by atoms with Gasteiger partial charge < -0.3 is 114 Å². The van der Waals surface area contributed by atoms with E-state index in [0.717, 1.165) is 43.4 Å². The maximum Gasteiger partial charge on any atom is 0.329 e. The van der Waals surface area contributed by atoms with Crippen molar-refractivity contribution >= 4 is 76.0 Å². The summed E-state index contributed by atoms with van der Waals surface area (Å²) >= 11 is 7.19. The molecular formula is C93H137N7O24S2. The zero-order valence-electron chi connectivity index (χ0n) is 74.9. The molecule has 1 aliphatic carbocycles. The van der Waals surface area contributed by atoms with Crippen molar-refractivity contribution in [2.75, 3.05) is 164 Å². The summed E-state index contributed by atoms with van der Waals surface area (Å²) in [5.41, 5.74) is 18.2. The molecule has 9 N–H and O–H groups in total. The number of benzene rings is 2. The number of anilines is 1. The highest BCUT2D eigenvalue weighted by Gasteiger charge is 2.53. The Bertz CT molecular complexity index is 4040. The first-order chi connectivity index (χ1) is 60.7. The van der Waals surface area contributed by atoms with Crippen molar-refractivity contribution in [3.8, 4) is 16.9 Å². The number of ether oxygens (including phenoxy) is 14. The molecule has 3 aromatic rings. The molecule has 5 aliphatic rings. The van der Waals surface area contributed by atoms with Crippen LogP contribution in [0.5, 0.6) is 5.75 Å². The summed E-state index contributed by atoms with van der Waals surface area (Å²) in [6.45, 7) is 20.5. The molecular weight excluding hydrogens is 1660 g/mol. The number of nitrogens with zero attached hydrogens (tertiary/aromatic N) is 3. The summed E-state index contributed by atoms with van der Waals surface area (Å²) < 4.78 is 81.4. The van der Waals surface area contributed by atoms with Gasteiger partial charge in [0.25, 0.3) is 22.8 Å². The van der Waals surface area contributed by atoms with Crippen molar-refractivity contribution in [3.05, 3.63) is 119 Å². The van der Waals surface area contributed by atoms with Gasteiger partial charge in [0.1, 0.15) is 54.4 Å². The normalized spacial score (nSPS) is 26.3. The van der Waals surface area contributed by atoms with Gasteiger partial charge in [-0.2, -0.15) is 0 Å². The molecule has 126 heavy (non-hydrogen) atoms. The van der Waals surface area contributed by atoms with E-state index in [9.17, 15) is 48.9 Å². The monoisotopic (exact) mass is 1800 g/mol. The number of cyclic esters (lactones) is 1. The number of amides is 3. The predicted molar refractivity (Wildman–Crippen MR) is 479 cm³/mol. The van der Waals surface area contributed by atoms with Crippen molar-refractivity contribution < 1.29 is 115 Å². The molecule has 2 saturated heterocycles. The number of allylic oxidation sites excluding steroid dienone is 6. The number of rotatable bonds is 39. The van der Waals surface area contributed by atoms with Gasteiger partial charge in [-0.1, -0.05) is 70.2 Å². The number of aromatic nitrogens is 1. The van der Waals surface area contributed by atoms with Crippen molar-refractivity contribution in [3.63, 3.8) is 0 Å². The molecule has 0 unspecified atom stereocenters. The Morgan fingerprint density at radius 2 is 1.36 bits per heavy atom. The van der Waals surface area contributed by atoms with Crippen LogP contribution in [0.15, 0.2) is 107 Å². The molecule has 2 aromatic carbocycles. The van der Waals surface area contributed by atoms with E-state index in [2.05, 4.69) is 15.6 Å². The van der Waals surface area contributed by atoms with Gasteiger partial charge in [-0.05, 0) is 174 Å². The number of hydrogen-bond acceptors (Lipinski definition) is 29. The van der Waals surface area contributed by atoms with Crippen LogP contribution in [-0.4, -0.2) is 295 Å². The summed E-state index contributed by atoms with van der Waals surface area (Å²) in [6, 6.07) is 13.3. The topological polar surface area (TPSA) is 405 Å². The standard InChI is InChI=1S/C93H137N7O24S2/c1-61-15-11-10-12-16-62(2)80(111-8)57-72-22-18-67(7)93(110,124-72)88(106)90(108)100-31-14-13-17-76(100)91(109)122-81(58-77(101)64(4)52-66(6)86(104)87(105)85(103)65(5)51-61)75(94)54-68-19-25-79(82(55-68)112-9)123-92(125)97-29-34-114-37-39-116-41-43-118-45-47-120-49-48-119-46-44-117-42-40-115-38-36-113-33-28-84(102)96-30-50-126-73-23-24-74(63(3)53-73)89(107)99-32-35-121-78-26-20-69(56-71(78)60-99)70-21-27-83(95)98-59-70/h10-12,15-16,20-21,23-24,26-27,52-53,56,59,61,64-65,67-68,72,75-76,79-82,86-87,104-105,110H,13-14,17-19,22,25,28-51,54-55,57-58,60,94H2,1-9H3,(H2,95,98)(H,96,102)(H,97,125)/b12-10?,15-11+,62-16?,66-52+/t61-,64-,65-,67-,68+,72+,75-,76+,79-,80+,81+,82-,86-,87+,93-/m1/s1.